The van der Waals surface area contributed by atoms with Crippen LogP contribution >= 0.6 is 0 Å². The van der Waals surface area contributed by atoms with Crippen molar-refractivity contribution >= 4 is 5.78 Å². The first kappa shape index (κ1) is 17.2. The zero-order chi connectivity index (χ0) is 16.8. The van der Waals surface area contributed by atoms with Crippen LogP contribution < -0.4 is 0 Å². The van der Waals surface area contributed by atoms with E-state index in [4.69, 9.17) is 0 Å². The van der Waals surface area contributed by atoms with Gasteiger partial charge in [0, 0.05) is 32.0 Å². The third kappa shape index (κ3) is 5.21. The second-order valence-electron chi connectivity index (χ2n) is 5.55. The summed E-state index contributed by atoms with van der Waals surface area (Å²) in [4.78, 5) is 13.9. The lowest BCUT2D eigenvalue weighted by Gasteiger charge is -2.16. The molecule has 2 nitrogen and oxygen atoms in total. The van der Waals surface area contributed by atoms with Crippen LogP contribution in [0.25, 0.3) is 0 Å². The van der Waals surface area contributed by atoms with Gasteiger partial charge in [-0.25, -0.2) is 13.2 Å². The smallest absolute Gasteiger partial charge is 0.161 e. The molecule has 0 spiro atoms. The van der Waals surface area contributed by atoms with Gasteiger partial charge < -0.3 is 4.90 Å². The first-order valence-corrected chi connectivity index (χ1v) is 7.33. The molecule has 2 rings (SSSR count). The lowest BCUT2D eigenvalue weighted by molar-refractivity contribution is -0.118. The Morgan fingerprint density at radius 3 is 2.35 bits per heavy atom. The minimum atomic E-state index is -1.25. The zero-order valence-corrected chi connectivity index (χ0v) is 12.9. The van der Waals surface area contributed by atoms with Gasteiger partial charge in [0.1, 0.15) is 11.6 Å². The number of halogens is 3. The van der Waals surface area contributed by atoms with Gasteiger partial charge in [0.15, 0.2) is 11.6 Å². The topological polar surface area (TPSA) is 20.3 Å². The highest BCUT2D eigenvalue weighted by atomic mass is 19.2. The molecule has 0 aliphatic rings. The van der Waals surface area contributed by atoms with Crippen molar-refractivity contribution in [1.82, 2.24) is 4.90 Å². The van der Waals surface area contributed by atoms with Crippen molar-refractivity contribution in [2.24, 2.45) is 0 Å². The highest BCUT2D eigenvalue weighted by molar-refractivity contribution is 5.81. The lowest BCUT2D eigenvalue weighted by atomic mass is 10.1. The van der Waals surface area contributed by atoms with Crippen molar-refractivity contribution in [3.05, 3.63) is 71.0 Å². The van der Waals surface area contributed by atoms with E-state index >= 15 is 0 Å². The Hall–Kier alpha value is -2.14. The number of hydrogen-bond donors (Lipinski definition) is 0. The van der Waals surface area contributed by atoms with E-state index in [-0.39, 0.29) is 24.2 Å². The average Bonchev–Trinajstić information content (AvgIpc) is 2.51. The van der Waals surface area contributed by atoms with Gasteiger partial charge in [-0.2, -0.15) is 0 Å². The van der Waals surface area contributed by atoms with E-state index in [2.05, 4.69) is 0 Å². The molecule has 0 fully saturated rings. The van der Waals surface area contributed by atoms with Gasteiger partial charge in [-0.1, -0.05) is 30.3 Å². The summed E-state index contributed by atoms with van der Waals surface area (Å²) >= 11 is 0. The first-order chi connectivity index (χ1) is 11.0. The molecule has 2 aromatic carbocycles. The van der Waals surface area contributed by atoms with Gasteiger partial charge >= 0.3 is 0 Å². The minimum absolute atomic E-state index is 0.111. The van der Waals surface area contributed by atoms with Crippen LogP contribution in [0, 0.1) is 17.5 Å². The number of nitrogens with zero attached hydrogens (tertiary/aromatic N) is 1. The second-order valence-corrected chi connectivity index (χ2v) is 5.55. The van der Waals surface area contributed by atoms with Crippen LogP contribution in [-0.4, -0.2) is 24.3 Å². The summed E-state index contributed by atoms with van der Waals surface area (Å²) in [7, 11) is 1.89. The molecule has 0 saturated carbocycles. The van der Waals surface area contributed by atoms with Gasteiger partial charge in [0.05, 0.1) is 0 Å². The number of hydrogen-bond acceptors (Lipinski definition) is 2. The maximum absolute atomic E-state index is 13.5. The fraction of sp³-hybridized carbons (Fsp3) is 0.278. The van der Waals surface area contributed by atoms with Gasteiger partial charge in [-0.05, 0) is 24.2 Å². The molecule has 0 saturated heterocycles. The number of carbonyl (C=O) groups excluding carboxylic acids is 1. The summed E-state index contributed by atoms with van der Waals surface area (Å²) in [5, 5.41) is 0. The van der Waals surface area contributed by atoms with Crippen LogP contribution in [-0.2, 0) is 17.8 Å². The van der Waals surface area contributed by atoms with Crippen LogP contribution in [0.1, 0.15) is 17.5 Å². The second kappa shape index (κ2) is 7.92. The Balaban J connectivity index is 1.84. The van der Waals surface area contributed by atoms with E-state index in [1.807, 2.05) is 42.3 Å². The third-order valence-electron chi connectivity index (χ3n) is 3.54. The van der Waals surface area contributed by atoms with Crippen molar-refractivity contribution < 1.29 is 18.0 Å². The van der Waals surface area contributed by atoms with Crippen LogP contribution in [0.15, 0.2) is 42.5 Å². The molecule has 0 bridgehead atoms. The van der Waals surface area contributed by atoms with Crippen molar-refractivity contribution in [3.63, 3.8) is 0 Å². The van der Waals surface area contributed by atoms with E-state index in [1.165, 1.54) is 0 Å². The highest BCUT2D eigenvalue weighted by Gasteiger charge is 2.13. The molecule has 0 aliphatic carbocycles. The standard InChI is InChI=1S/C18H18F3NO/c1-22(12-13-5-3-2-4-6-13)8-7-15(23)9-14-10-17(20)18(21)11-16(14)19/h2-6,10-11H,7-9,12H2,1H3. The Kier molecular flexibility index (Phi) is 5.93. The SMILES string of the molecule is CN(CCC(=O)Cc1cc(F)c(F)cc1F)Cc1ccccc1. The highest BCUT2D eigenvalue weighted by Crippen LogP contribution is 2.15. The third-order valence-corrected chi connectivity index (χ3v) is 3.54. The zero-order valence-electron chi connectivity index (χ0n) is 12.9. The maximum Gasteiger partial charge on any atom is 0.161 e. The summed E-state index contributed by atoms with van der Waals surface area (Å²) in [6.45, 7) is 1.21. The summed E-state index contributed by atoms with van der Waals surface area (Å²) in [6.07, 6.45) is -0.00994. The van der Waals surface area contributed by atoms with Crippen molar-refractivity contribution in [3.8, 4) is 0 Å². The molecule has 0 aliphatic heterocycles. The normalized spacial score (nSPS) is 11.0. The Morgan fingerprint density at radius 1 is 1.00 bits per heavy atom. The molecule has 0 atom stereocenters. The predicted molar refractivity (Wildman–Crippen MR) is 82.4 cm³/mol. The van der Waals surface area contributed by atoms with Crippen molar-refractivity contribution in [2.75, 3.05) is 13.6 Å². The predicted octanol–water partition coefficient (Wildman–Crippen LogP) is 3.74. The number of carbonyl (C=O) groups is 1. The van der Waals surface area contributed by atoms with Gasteiger partial charge in [0.2, 0.25) is 0 Å². The van der Waals surface area contributed by atoms with Crippen LogP contribution in [0.3, 0.4) is 0 Å². The fourth-order valence-corrected chi connectivity index (χ4v) is 2.29. The molecule has 0 unspecified atom stereocenters. The molecule has 23 heavy (non-hydrogen) atoms. The molecular weight excluding hydrogens is 303 g/mol. The van der Waals surface area contributed by atoms with E-state index in [0.29, 0.717) is 19.2 Å². The first-order valence-electron chi connectivity index (χ1n) is 7.33. The average molecular weight is 321 g/mol. The quantitative estimate of drug-likeness (QED) is 0.724. The molecule has 122 valence electrons. The van der Waals surface area contributed by atoms with E-state index in [0.717, 1.165) is 11.6 Å². The van der Waals surface area contributed by atoms with Crippen molar-refractivity contribution in [1.29, 1.82) is 0 Å². The van der Waals surface area contributed by atoms with Gasteiger partial charge in [-0.15, -0.1) is 0 Å². The Labute approximate surface area is 133 Å². The maximum atomic E-state index is 13.5. The summed E-state index contributed by atoms with van der Waals surface area (Å²) in [5.74, 6) is -3.50. The summed E-state index contributed by atoms with van der Waals surface area (Å²) < 4.78 is 39.5. The monoisotopic (exact) mass is 321 g/mol. The molecule has 5 heteroatoms. The van der Waals surface area contributed by atoms with Crippen molar-refractivity contribution in [2.45, 2.75) is 19.4 Å². The van der Waals surface area contributed by atoms with Crippen LogP contribution in [0.2, 0.25) is 0 Å². The van der Waals surface area contributed by atoms with E-state index in [1.54, 1.807) is 0 Å². The number of Topliss-reactive ketones (excluding diaryl/α,β-unsaturated/α-hetero) is 1. The van der Waals surface area contributed by atoms with Gasteiger partial charge in [-0.3, -0.25) is 4.79 Å². The largest absolute Gasteiger partial charge is 0.302 e. The number of benzene rings is 2. The minimum Gasteiger partial charge on any atom is -0.302 e. The molecule has 0 N–H and O–H groups in total. The Bertz CT molecular complexity index is 673. The summed E-state index contributed by atoms with van der Waals surface area (Å²) in [5.41, 5.74) is 1.02. The molecule has 2 aromatic rings. The van der Waals surface area contributed by atoms with Crippen LogP contribution in [0.5, 0.6) is 0 Å². The van der Waals surface area contributed by atoms with Crippen LogP contribution in [0.4, 0.5) is 13.2 Å². The molecule has 0 heterocycles. The van der Waals surface area contributed by atoms with E-state index < -0.39 is 17.5 Å². The molecular formula is C18H18F3NO. The molecule has 0 aromatic heterocycles. The number of rotatable bonds is 7. The van der Waals surface area contributed by atoms with Gasteiger partial charge in [0.25, 0.3) is 0 Å². The van der Waals surface area contributed by atoms with E-state index in [9.17, 15) is 18.0 Å². The Morgan fingerprint density at radius 2 is 1.65 bits per heavy atom. The molecule has 0 radical (unpaired) electrons. The molecule has 0 amide bonds. The number of ketones is 1. The fourth-order valence-electron chi connectivity index (χ4n) is 2.29. The lowest BCUT2D eigenvalue weighted by Crippen LogP contribution is -2.22. The summed E-state index contributed by atoms with van der Waals surface area (Å²) in [6, 6.07) is 11.0.